The second-order valence-corrected chi connectivity index (χ2v) is 3.96. The standard InChI is InChI=1S/C13H27O2/c1-5-9-10-13(8-4,14-11-6-2)15-12-7-3/h4-12H2,1-3H3. The molecule has 15 heavy (non-hydrogen) atoms. The van der Waals surface area contributed by atoms with Crippen LogP contribution in [0, 0.1) is 6.92 Å². The van der Waals surface area contributed by atoms with Gasteiger partial charge in [-0.1, -0.05) is 27.2 Å². The average Bonchev–Trinajstić information content (AvgIpc) is 2.29. The summed E-state index contributed by atoms with van der Waals surface area (Å²) in [6, 6.07) is 0. The van der Waals surface area contributed by atoms with Gasteiger partial charge >= 0.3 is 0 Å². The largest absolute Gasteiger partial charge is 0.350 e. The van der Waals surface area contributed by atoms with Crippen LogP contribution in [0.5, 0.6) is 0 Å². The van der Waals surface area contributed by atoms with Gasteiger partial charge in [-0.2, -0.15) is 0 Å². The summed E-state index contributed by atoms with van der Waals surface area (Å²) < 4.78 is 11.7. The summed E-state index contributed by atoms with van der Waals surface area (Å²) in [6.45, 7) is 11.9. The predicted molar refractivity (Wildman–Crippen MR) is 64.7 cm³/mol. The Morgan fingerprint density at radius 1 is 0.933 bits per heavy atom. The molecule has 2 nitrogen and oxygen atoms in total. The zero-order valence-electron chi connectivity index (χ0n) is 10.7. The fourth-order valence-electron chi connectivity index (χ4n) is 1.48. The molecule has 0 aliphatic carbocycles. The van der Waals surface area contributed by atoms with Crippen LogP contribution in [-0.4, -0.2) is 19.0 Å². The normalized spacial score (nSPS) is 12.0. The Bertz CT molecular complexity index is 113. The topological polar surface area (TPSA) is 18.5 Å². The summed E-state index contributed by atoms with van der Waals surface area (Å²) in [5.41, 5.74) is 0. The van der Waals surface area contributed by atoms with Gasteiger partial charge in [-0.05, 0) is 26.2 Å². The molecule has 0 rings (SSSR count). The van der Waals surface area contributed by atoms with E-state index >= 15 is 0 Å². The minimum atomic E-state index is -0.415. The molecular weight excluding hydrogens is 188 g/mol. The average molecular weight is 215 g/mol. The molecule has 0 atom stereocenters. The zero-order chi connectivity index (χ0) is 11.6. The minimum absolute atomic E-state index is 0.415. The van der Waals surface area contributed by atoms with Gasteiger partial charge in [0.2, 0.25) is 0 Å². The van der Waals surface area contributed by atoms with Gasteiger partial charge in [0.15, 0.2) is 5.79 Å². The van der Waals surface area contributed by atoms with Crippen molar-refractivity contribution in [2.24, 2.45) is 0 Å². The number of hydrogen-bond acceptors (Lipinski definition) is 2. The Morgan fingerprint density at radius 3 is 1.80 bits per heavy atom. The van der Waals surface area contributed by atoms with E-state index in [-0.39, 0.29) is 0 Å². The first kappa shape index (κ1) is 14.9. The maximum atomic E-state index is 5.85. The van der Waals surface area contributed by atoms with Gasteiger partial charge in [-0.25, -0.2) is 0 Å². The Kier molecular flexibility index (Phi) is 9.12. The summed E-state index contributed by atoms with van der Waals surface area (Å²) in [4.78, 5) is 0. The molecule has 0 aromatic rings. The van der Waals surface area contributed by atoms with E-state index in [1.54, 1.807) is 0 Å². The lowest BCUT2D eigenvalue weighted by atomic mass is 10.1. The second-order valence-electron chi connectivity index (χ2n) is 3.96. The van der Waals surface area contributed by atoms with Crippen molar-refractivity contribution in [3.05, 3.63) is 6.92 Å². The summed E-state index contributed by atoms with van der Waals surface area (Å²) >= 11 is 0. The Hall–Kier alpha value is -0.0800. The monoisotopic (exact) mass is 215 g/mol. The fraction of sp³-hybridized carbons (Fsp3) is 0.923. The third-order valence-corrected chi connectivity index (χ3v) is 2.43. The van der Waals surface area contributed by atoms with E-state index in [1.807, 2.05) is 0 Å². The lowest BCUT2D eigenvalue weighted by molar-refractivity contribution is -0.240. The van der Waals surface area contributed by atoms with Crippen LogP contribution in [0.15, 0.2) is 0 Å². The molecule has 0 aliphatic heterocycles. The van der Waals surface area contributed by atoms with Gasteiger partial charge in [0.05, 0.1) is 0 Å². The Balaban J connectivity index is 4.16. The first-order valence-corrected chi connectivity index (χ1v) is 6.31. The van der Waals surface area contributed by atoms with E-state index in [0.29, 0.717) is 6.42 Å². The quantitative estimate of drug-likeness (QED) is 0.514. The molecule has 0 saturated heterocycles. The molecule has 0 heterocycles. The lowest BCUT2D eigenvalue weighted by Gasteiger charge is -2.33. The highest BCUT2D eigenvalue weighted by Crippen LogP contribution is 2.25. The van der Waals surface area contributed by atoms with E-state index in [4.69, 9.17) is 9.47 Å². The maximum absolute atomic E-state index is 5.85. The van der Waals surface area contributed by atoms with Crippen molar-refractivity contribution in [3.63, 3.8) is 0 Å². The predicted octanol–water partition coefficient (Wildman–Crippen LogP) is 3.95. The highest BCUT2D eigenvalue weighted by atomic mass is 16.7. The first-order valence-electron chi connectivity index (χ1n) is 6.31. The van der Waals surface area contributed by atoms with Crippen molar-refractivity contribution < 1.29 is 9.47 Å². The van der Waals surface area contributed by atoms with E-state index in [9.17, 15) is 0 Å². The fourth-order valence-corrected chi connectivity index (χ4v) is 1.48. The Labute approximate surface area is 95.3 Å². The summed E-state index contributed by atoms with van der Waals surface area (Å²) in [7, 11) is 0. The highest BCUT2D eigenvalue weighted by molar-refractivity contribution is 4.71. The van der Waals surface area contributed by atoms with Crippen molar-refractivity contribution in [3.8, 4) is 0 Å². The highest BCUT2D eigenvalue weighted by Gasteiger charge is 2.28. The number of unbranched alkanes of at least 4 members (excludes halogenated alkanes) is 1. The summed E-state index contributed by atoms with van der Waals surface area (Å²) in [6.07, 6.45) is 6.04. The number of hydrogen-bond donors (Lipinski definition) is 0. The van der Waals surface area contributed by atoms with Gasteiger partial charge in [0.25, 0.3) is 0 Å². The van der Waals surface area contributed by atoms with Crippen molar-refractivity contribution in [2.45, 2.75) is 65.1 Å². The molecule has 0 aromatic heterocycles. The SMILES string of the molecule is [CH2]CC(CCCC)(OCCC)OCCC. The van der Waals surface area contributed by atoms with Gasteiger partial charge in [0.1, 0.15) is 0 Å². The maximum Gasteiger partial charge on any atom is 0.168 e. The third-order valence-electron chi connectivity index (χ3n) is 2.43. The van der Waals surface area contributed by atoms with E-state index in [0.717, 1.165) is 38.9 Å². The molecular formula is C13H27O2. The molecule has 0 aliphatic rings. The molecule has 0 saturated carbocycles. The van der Waals surface area contributed by atoms with Crippen LogP contribution >= 0.6 is 0 Å². The number of ether oxygens (including phenoxy) is 2. The van der Waals surface area contributed by atoms with Gasteiger partial charge in [0, 0.05) is 26.1 Å². The van der Waals surface area contributed by atoms with Crippen molar-refractivity contribution in [1.82, 2.24) is 0 Å². The lowest BCUT2D eigenvalue weighted by Crippen LogP contribution is -2.36. The van der Waals surface area contributed by atoms with Crippen LogP contribution in [0.1, 0.15) is 59.3 Å². The molecule has 0 unspecified atom stereocenters. The van der Waals surface area contributed by atoms with Crippen molar-refractivity contribution in [1.29, 1.82) is 0 Å². The minimum Gasteiger partial charge on any atom is -0.350 e. The molecule has 0 N–H and O–H groups in total. The molecule has 91 valence electrons. The molecule has 1 radical (unpaired) electrons. The van der Waals surface area contributed by atoms with E-state index in [1.165, 1.54) is 6.42 Å². The molecule has 0 aromatic carbocycles. The van der Waals surface area contributed by atoms with Crippen LogP contribution < -0.4 is 0 Å². The van der Waals surface area contributed by atoms with Crippen molar-refractivity contribution >= 4 is 0 Å². The summed E-state index contributed by atoms with van der Waals surface area (Å²) in [5.74, 6) is -0.415. The second kappa shape index (κ2) is 9.17. The number of rotatable bonds is 10. The van der Waals surface area contributed by atoms with Crippen LogP contribution in [0.3, 0.4) is 0 Å². The third kappa shape index (κ3) is 6.16. The molecule has 0 fully saturated rings. The summed E-state index contributed by atoms with van der Waals surface area (Å²) in [5, 5.41) is 0. The van der Waals surface area contributed by atoms with Crippen LogP contribution in [-0.2, 0) is 9.47 Å². The Morgan fingerprint density at radius 2 is 1.47 bits per heavy atom. The van der Waals surface area contributed by atoms with Gasteiger partial charge in [-0.15, -0.1) is 0 Å². The molecule has 0 bridgehead atoms. The van der Waals surface area contributed by atoms with Gasteiger partial charge in [-0.3, -0.25) is 0 Å². The van der Waals surface area contributed by atoms with Crippen molar-refractivity contribution in [2.75, 3.05) is 13.2 Å². The molecule has 0 spiro atoms. The van der Waals surface area contributed by atoms with Crippen LogP contribution in [0.25, 0.3) is 0 Å². The van der Waals surface area contributed by atoms with Crippen LogP contribution in [0.2, 0.25) is 0 Å². The van der Waals surface area contributed by atoms with Crippen LogP contribution in [0.4, 0.5) is 0 Å². The van der Waals surface area contributed by atoms with E-state index in [2.05, 4.69) is 27.7 Å². The molecule has 0 amide bonds. The zero-order valence-corrected chi connectivity index (χ0v) is 10.7. The first-order chi connectivity index (χ1) is 7.24. The van der Waals surface area contributed by atoms with Gasteiger partial charge < -0.3 is 9.47 Å². The van der Waals surface area contributed by atoms with E-state index < -0.39 is 5.79 Å². The smallest absolute Gasteiger partial charge is 0.168 e. The molecule has 2 heteroatoms.